The van der Waals surface area contributed by atoms with Gasteiger partial charge in [0.25, 0.3) is 0 Å². The number of hydrogen-bond acceptors (Lipinski definition) is 3. The van der Waals surface area contributed by atoms with Gasteiger partial charge in [-0.3, -0.25) is 19.7 Å². The Morgan fingerprint density at radius 1 is 1.24 bits per heavy atom. The van der Waals surface area contributed by atoms with Gasteiger partial charge in [-0.25, -0.2) is 0 Å². The second-order valence-corrected chi connectivity index (χ2v) is 5.35. The fourth-order valence-electron chi connectivity index (χ4n) is 1.89. The van der Waals surface area contributed by atoms with Crippen LogP contribution in [0.5, 0.6) is 0 Å². The molecule has 1 aromatic rings. The molecular formula is C16H22N2O3. The van der Waals surface area contributed by atoms with E-state index in [9.17, 15) is 14.4 Å². The summed E-state index contributed by atoms with van der Waals surface area (Å²) < 4.78 is 0. The molecule has 0 aliphatic carbocycles. The molecule has 114 valence electrons. The van der Waals surface area contributed by atoms with Gasteiger partial charge in [0.2, 0.25) is 18.2 Å². The minimum atomic E-state index is -0.537. The van der Waals surface area contributed by atoms with Crippen LogP contribution in [-0.4, -0.2) is 24.3 Å². The largest absolute Gasteiger partial charge is 0.347 e. The number of hydrogen-bond donors (Lipinski definition) is 2. The van der Waals surface area contributed by atoms with E-state index >= 15 is 0 Å². The normalized spacial score (nSPS) is 17.6. The molecule has 2 N–H and O–H groups in total. The van der Waals surface area contributed by atoms with Gasteiger partial charge in [-0.2, -0.15) is 0 Å². The number of piperidine rings is 1. The minimum absolute atomic E-state index is 0.279. The smallest absolute Gasteiger partial charge is 0.249 e. The Balaban J connectivity index is 0.000000211. The Hall–Kier alpha value is -2.17. The molecule has 0 saturated carbocycles. The molecule has 5 heteroatoms. The van der Waals surface area contributed by atoms with E-state index in [4.69, 9.17) is 0 Å². The van der Waals surface area contributed by atoms with Crippen LogP contribution in [0.2, 0.25) is 0 Å². The first-order valence-corrected chi connectivity index (χ1v) is 7.04. The zero-order valence-electron chi connectivity index (χ0n) is 12.7. The molecule has 5 nitrogen and oxygen atoms in total. The standard InChI is InChI=1S/C10H14.C6H8N2O3/c1-8(2)10-6-4-9(3)5-7-10;9-3-7-4-1-2-5(10)8-6(4)11/h4-8H,1-3H3;3-4H,1-2H2,(H,7,9)(H,8,10,11). The van der Waals surface area contributed by atoms with Crippen molar-refractivity contribution in [3.8, 4) is 0 Å². The van der Waals surface area contributed by atoms with Gasteiger partial charge in [-0.15, -0.1) is 0 Å². The fraction of sp³-hybridized carbons (Fsp3) is 0.438. The number of rotatable bonds is 3. The number of benzene rings is 1. The summed E-state index contributed by atoms with van der Waals surface area (Å²) >= 11 is 0. The third kappa shape index (κ3) is 5.77. The summed E-state index contributed by atoms with van der Waals surface area (Å²) in [5, 5.41) is 4.42. The molecule has 0 spiro atoms. The van der Waals surface area contributed by atoms with Gasteiger partial charge in [0, 0.05) is 6.42 Å². The van der Waals surface area contributed by atoms with E-state index in [1.807, 2.05) is 0 Å². The molecule has 1 aliphatic heterocycles. The lowest BCUT2D eigenvalue weighted by atomic mass is 10.0. The van der Waals surface area contributed by atoms with Crippen LogP contribution in [0.1, 0.15) is 43.7 Å². The van der Waals surface area contributed by atoms with Gasteiger partial charge in [0.05, 0.1) is 0 Å². The maximum atomic E-state index is 10.8. The van der Waals surface area contributed by atoms with Crippen molar-refractivity contribution in [2.24, 2.45) is 0 Å². The van der Waals surface area contributed by atoms with Crippen LogP contribution in [0.25, 0.3) is 0 Å². The summed E-state index contributed by atoms with van der Waals surface area (Å²) in [5.41, 5.74) is 2.76. The lowest BCUT2D eigenvalue weighted by molar-refractivity contribution is -0.135. The van der Waals surface area contributed by atoms with E-state index < -0.39 is 11.9 Å². The van der Waals surface area contributed by atoms with Crippen LogP contribution in [0, 0.1) is 6.92 Å². The molecular weight excluding hydrogens is 268 g/mol. The molecule has 1 aromatic carbocycles. The van der Waals surface area contributed by atoms with Crippen molar-refractivity contribution in [2.75, 3.05) is 0 Å². The molecule has 21 heavy (non-hydrogen) atoms. The molecule has 1 heterocycles. The fourth-order valence-corrected chi connectivity index (χ4v) is 1.89. The number of imide groups is 1. The second-order valence-electron chi connectivity index (χ2n) is 5.35. The van der Waals surface area contributed by atoms with Crippen molar-refractivity contribution in [3.05, 3.63) is 35.4 Å². The van der Waals surface area contributed by atoms with Crippen LogP contribution in [0.15, 0.2) is 24.3 Å². The molecule has 2 rings (SSSR count). The Labute approximate surface area is 125 Å². The van der Waals surface area contributed by atoms with Crippen molar-refractivity contribution in [1.29, 1.82) is 0 Å². The Kier molecular flexibility index (Phi) is 6.59. The van der Waals surface area contributed by atoms with Gasteiger partial charge in [0.1, 0.15) is 6.04 Å². The van der Waals surface area contributed by atoms with Gasteiger partial charge in [0.15, 0.2) is 0 Å². The molecule has 0 bridgehead atoms. The molecule has 1 saturated heterocycles. The average molecular weight is 290 g/mol. The summed E-state index contributed by atoms with van der Waals surface area (Å²) in [6.07, 6.45) is 1.14. The summed E-state index contributed by atoms with van der Waals surface area (Å²) in [5.74, 6) is -0.0482. The van der Waals surface area contributed by atoms with Crippen LogP contribution in [-0.2, 0) is 14.4 Å². The van der Waals surface area contributed by atoms with E-state index in [1.165, 1.54) is 11.1 Å². The van der Waals surface area contributed by atoms with Crippen LogP contribution in [0.3, 0.4) is 0 Å². The van der Waals surface area contributed by atoms with Crippen LogP contribution < -0.4 is 10.6 Å². The van der Waals surface area contributed by atoms with Crippen molar-refractivity contribution in [3.63, 3.8) is 0 Å². The van der Waals surface area contributed by atoms with E-state index in [-0.39, 0.29) is 12.3 Å². The summed E-state index contributed by atoms with van der Waals surface area (Å²) in [4.78, 5) is 31.3. The molecule has 1 atom stereocenters. The zero-order chi connectivity index (χ0) is 15.8. The second kappa shape index (κ2) is 8.19. The van der Waals surface area contributed by atoms with Gasteiger partial charge >= 0.3 is 0 Å². The minimum Gasteiger partial charge on any atom is -0.347 e. The first kappa shape index (κ1) is 16.9. The van der Waals surface area contributed by atoms with E-state index in [0.717, 1.165) is 0 Å². The molecule has 1 unspecified atom stereocenters. The Morgan fingerprint density at radius 2 is 1.86 bits per heavy atom. The highest BCUT2D eigenvalue weighted by atomic mass is 16.2. The quantitative estimate of drug-likeness (QED) is 0.656. The van der Waals surface area contributed by atoms with E-state index in [2.05, 4.69) is 55.7 Å². The van der Waals surface area contributed by atoms with Crippen molar-refractivity contribution >= 4 is 18.2 Å². The summed E-state index contributed by atoms with van der Waals surface area (Å²) in [6, 6.07) is 8.18. The number of carbonyl (C=O) groups excluding carboxylic acids is 3. The number of nitrogens with one attached hydrogen (secondary N) is 2. The summed E-state index contributed by atoms with van der Waals surface area (Å²) in [7, 11) is 0. The molecule has 1 aliphatic rings. The van der Waals surface area contributed by atoms with Crippen molar-refractivity contribution in [2.45, 2.75) is 45.6 Å². The van der Waals surface area contributed by atoms with Crippen LogP contribution >= 0.6 is 0 Å². The zero-order valence-corrected chi connectivity index (χ0v) is 12.7. The lowest BCUT2D eigenvalue weighted by Gasteiger charge is -2.19. The van der Waals surface area contributed by atoms with Gasteiger partial charge in [-0.05, 0) is 24.8 Å². The van der Waals surface area contributed by atoms with Gasteiger partial charge < -0.3 is 5.32 Å². The van der Waals surface area contributed by atoms with Crippen LogP contribution in [0.4, 0.5) is 0 Å². The van der Waals surface area contributed by atoms with E-state index in [0.29, 0.717) is 18.7 Å². The first-order chi connectivity index (χ1) is 9.93. The molecule has 0 aromatic heterocycles. The highest BCUT2D eigenvalue weighted by Gasteiger charge is 2.25. The van der Waals surface area contributed by atoms with Crippen molar-refractivity contribution < 1.29 is 14.4 Å². The van der Waals surface area contributed by atoms with Gasteiger partial charge in [-0.1, -0.05) is 43.7 Å². The van der Waals surface area contributed by atoms with Crippen molar-refractivity contribution in [1.82, 2.24) is 10.6 Å². The Morgan fingerprint density at radius 3 is 2.33 bits per heavy atom. The maximum absolute atomic E-state index is 10.8. The lowest BCUT2D eigenvalue weighted by Crippen LogP contribution is -2.50. The molecule has 3 amide bonds. The summed E-state index contributed by atoms with van der Waals surface area (Å²) in [6.45, 7) is 6.54. The SMILES string of the molecule is Cc1ccc(C(C)C)cc1.O=CNC1CCC(=O)NC1=O. The highest BCUT2D eigenvalue weighted by molar-refractivity contribution is 6.00. The number of amides is 3. The molecule has 1 fully saturated rings. The van der Waals surface area contributed by atoms with E-state index in [1.54, 1.807) is 0 Å². The Bertz CT molecular complexity index is 495. The number of carbonyl (C=O) groups is 3. The third-order valence-electron chi connectivity index (χ3n) is 3.25. The average Bonchev–Trinajstić information content (AvgIpc) is 2.43. The predicted octanol–water partition coefficient (Wildman–Crippen LogP) is 1.66. The topological polar surface area (TPSA) is 75.3 Å². The first-order valence-electron chi connectivity index (χ1n) is 7.04. The number of aryl methyl sites for hydroxylation is 1. The monoisotopic (exact) mass is 290 g/mol. The highest BCUT2D eigenvalue weighted by Crippen LogP contribution is 2.13. The molecule has 0 radical (unpaired) electrons. The predicted molar refractivity (Wildman–Crippen MR) is 80.6 cm³/mol. The maximum Gasteiger partial charge on any atom is 0.249 e. The third-order valence-corrected chi connectivity index (χ3v) is 3.25.